The molecule has 1 aromatic rings. The number of halogens is 2. The Morgan fingerprint density at radius 3 is 2.82 bits per heavy atom. The third-order valence-corrected chi connectivity index (χ3v) is 1.98. The van der Waals surface area contributed by atoms with E-state index in [0.29, 0.717) is 0 Å². The summed E-state index contributed by atoms with van der Waals surface area (Å²) in [6.07, 6.45) is 0. The lowest BCUT2D eigenvalue weighted by Crippen LogP contribution is -2.15. The first kappa shape index (κ1) is 13.2. The van der Waals surface area contributed by atoms with Crippen LogP contribution in [0.2, 0.25) is 0 Å². The molecule has 0 aliphatic heterocycles. The van der Waals surface area contributed by atoms with Gasteiger partial charge in [-0.25, -0.2) is 13.6 Å². The van der Waals surface area contributed by atoms with Crippen LogP contribution in [0.4, 0.5) is 14.5 Å². The molecule has 0 saturated heterocycles. The van der Waals surface area contributed by atoms with E-state index >= 15 is 0 Å². The Labute approximate surface area is 98.1 Å². The van der Waals surface area contributed by atoms with E-state index in [2.05, 4.69) is 11.9 Å². The van der Waals surface area contributed by atoms with Gasteiger partial charge in [0.15, 0.2) is 0 Å². The first-order chi connectivity index (χ1) is 8.04. The van der Waals surface area contributed by atoms with E-state index in [1.54, 1.807) is 6.92 Å². The smallest absolute Gasteiger partial charge is 0.335 e. The highest BCUT2D eigenvalue weighted by Crippen LogP contribution is 2.15. The number of hydrogen-bond acceptors (Lipinski definition) is 3. The molecule has 0 aliphatic carbocycles. The van der Waals surface area contributed by atoms with Gasteiger partial charge < -0.3 is 10.1 Å². The maximum atomic E-state index is 13.2. The van der Waals surface area contributed by atoms with Gasteiger partial charge in [-0.15, -0.1) is 0 Å². The van der Waals surface area contributed by atoms with Crippen LogP contribution in [0.5, 0.6) is 0 Å². The van der Waals surface area contributed by atoms with E-state index in [4.69, 9.17) is 4.74 Å². The van der Waals surface area contributed by atoms with E-state index in [1.165, 1.54) is 0 Å². The lowest BCUT2D eigenvalue weighted by atomic mass is 10.2. The Morgan fingerprint density at radius 1 is 1.47 bits per heavy atom. The first-order valence-corrected chi connectivity index (χ1v) is 5.08. The molecule has 0 heterocycles. The molecule has 0 radical (unpaired) electrons. The Hall–Kier alpha value is -1.91. The summed E-state index contributed by atoms with van der Waals surface area (Å²) in [4.78, 5) is 11.2. The number of esters is 1. The minimum Gasteiger partial charge on any atom is -0.463 e. The Kier molecular flexibility index (Phi) is 4.63. The molecule has 0 saturated carbocycles. The molecule has 0 atom stereocenters. The summed E-state index contributed by atoms with van der Waals surface area (Å²) < 4.78 is 30.7. The van der Waals surface area contributed by atoms with Crippen molar-refractivity contribution in [2.75, 3.05) is 18.5 Å². The van der Waals surface area contributed by atoms with Gasteiger partial charge in [0.2, 0.25) is 0 Å². The van der Waals surface area contributed by atoms with Crippen molar-refractivity contribution in [1.29, 1.82) is 0 Å². The van der Waals surface area contributed by atoms with Crippen molar-refractivity contribution >= 4 is 11.7 Å². The third-order valence-electron chi connectivity index (χ3n) is 1.98. The molecule has 0 unspecified atom stereocenters. The average molecular weight is 241 g/mol. The average Bonchev–Trinajstić information content (AvgIpc) is 2.30. The van der Waals surface area contributed by atoms with Crippen LogP contribution in [0.15, 0.2) is 30.4 Å². The van der Waals surface area contributed by atoms with Gasteiger partial charge in [-0.3, -0.25) is 0 Å². The normalized spacial score (nSPS) is 9.82. The topological polar surface area (TPSA) is 38.3 Å². The lowest BCUT2D eigenvalue weighted by Gasteiger charge is -2.09. The minimum atomic E-state index is -0.594. The molecule has 0 amide bonds. The summed E-state index contributed by atoms with van der Waals surface area (Å²) in [5.41, 5.74) is 0.131. The predicted octanol–water partition coefficient (Wildman–Crippen LogP) is 2.50. The van der Waals surface area contributed by atoms with Crippen LogP contribution in [0.3, 0.4) is 0 Å². The quantitative estimate of drug-likeness (QED) is 0.635. The molecule has 1 aromatic carbocycles. The summed E-state index contributed by atoms with van der Waals surface area (Å²) >= 11 is 0. The molecule has 0 bridgehead atoms. The fourth-order valence-corrected chi connectivity index (χ4v) is 1.14. The number of ether oxygens (including phenoxy) is 1. The summed E-state index contributed by atoms with van der Waals surface area (Å²) in [7, 11) is 0. The largest absolute Gasteiger partial charge is 0.463 e. The predicted molar refractivity (Wildman–Crippen MR) is 60.6 cm³/mol. The van der Waals surface area contributed by atoms with Crippen molar-refractivity contribution in [3.63, 3.8) is 0 Å². The zero-order chi connectivity index (χ0) is 12.8. The van der Waals surface area contributed by atoms with Gasteiger partial charge in [-0.05, 0) is 25.1 Å². The van der Waals surface area contributed by atoms with Crippen LogP contribution in [0, 0.1) is 11.6 Å². The molecule has 5 heteroatoms. The fourth-order valence-electron chi connectivity index (χ4n) is 1.14. The Morgan fingerprint density at radius 2 is 2.18 bits per heavy atom. The molecule has 1 N–H and O–H groups in total. The summed E-state index contributed by atoms with van der Waals surface area (Å²) in [5.74, 6) is -1.71. The van der Waals surface area contributed by atoms with Crippen LogP contribution in [0.1, 0.15) is 6.92 Å². The van der Waals surface area contributed by atoms with Crippen LogP contribution >= 0.6 is 0 Å². The van der Waals surface area contributed by atoms with Gasteiger partial charge in [0.1, 0.15) is 11.6 Å². The second-order valence-electron chi connectivity index (χ2n) is 3.30. The van der Waals surface area contributed by atoms with Gasteiger partial charge >= 0.3 is 5.97 Å². The van der Waals surface area contributed by atoms with Crippen molar-refractivity contribution in [2.45, 2.75) is 6.92 Å². The fraction of sp³-hybridized carbons (Fsp3) is 0.250. The highest BCUT2D eigenvalue weighted by molar-refractivity contribution is 5.88. The van der Waals surface area contributed by atoms with Crippen LogP contribution in [-0.4, -0.2) is 19.1 Å². The number of rotatable bonds is 5. The molecule has 0 spiro atoms. The van der Waals surface area contributed by atoms with Gasteiger partial charge in [0.05, 0.1) is 12.3 Å². The highest BCUT2D eigenvalue weighted by atomic mass is 19.1. The number of anilines is 1. The molecule has 17 heavy (non-hydrogen) atoms. The summed E-state index contributed by atoms with van der Waals surface area (Å²) in [6, 6.07) is 3.03. The second-order valence-corrected chi connectivity index (χ2v) is 3.30. The summed E-state index contributed by atoms with van der Waals surface area (Å²) in [6.45, 7) is 5.40. The summed E-state index contributed by atoms with van der Waals surface area (Å²) in [5, 5.41) is 2.58. The van der Waals surface area contributed by atoms with Crippen LogP contribution < -0.4 is 5.32 Å². The van der Waals surface area contributed by atoms with Crippen molar-refractivity contribution in [3.8, 4) is 0 Å². The molecular formula is C12H13F2NO2. The standard InChI is InChI=1S/C12H13F2NO2/c1-3-17-12(16)8(2)7-15-11-6-9(13)4-5-10(11)14/h4-6,15H,2-3,7H2,1H3. The van der Waals surface area contributed by atoms with Crippen molar-refractivity contribution in [1.82, 2.24) is 0 Å². The Balaban J connectivity index is 2.58. The zero-order valence-electron chi connectivity index (χ0n) is 9.43. The van der Waals surface area contributed by atoms with E-state index in [9.17, 15) is 13.6 Å². The van der Waals surface area contributed by atoms with Gasteiger partial charge in [-0.1, -0.05) is 6.58 Å². The van der Waals surface area contributed by atoms with Gasteiger partial charge in [0.25, 0.3) is 0 Å². The molecule has 1 rings (SSSR count). The van der Waals surface area contributed by atoms with Crippen LogP contribution in [0.25, 0.3) is 0 Å². The SMILES string of the molecule is C=C(CNc1cc(F)ccc1F)C(=O)OCC. The molecule has 0 aliphatic rings. The monoisotopic (exact) mass is 241 g/mol. The first-order valence-electron chi connectivity index (χ1n) is 5.08. The van der Waals surface area contributed by atoms with E-state index < -0.39 is 17.6 Å². The van der Waals surface area contributed by atoms with Crippen molar-refractivity contribution < 1.29 is 18.3 Å². The number of nitrogens with one attached hydrogen (secondary N) is 1. The van der Waals surface area contributed by atoms with Gasteiger partial charge in [-0.2, -0.15) is 0 Å². The Bertz CT molecular complexity index is 433. The van der Waals surface area contributed by atoms with Gasteiger partial charge in [0, 0.05) is 12.1 Å². The van der Waals surface area contributed by atoms with Crippen molar-refractivity contribution in [2.24, 2.45) is 0 Å². The number of carbonyl (C=O) groups is 1. The maximum absolute atomic E-state index is 13.2. The molecule has 3 nitrogen and oxygen atoms in total. The number of carbonyl (C=O) groups excluding carboxylic acids is 1. The lowest BCUT2D eigenvalue weighted by molar-refractivity contribution is -0.138. The van der Waals surface area contributed by atoms with Crippen LogP contribution in [-0.2, 0) is 9.53 Å². The van der Waals surface area contributed by atoms with E-state index in [0.717, 1.165) is 18.2 Å². The number of benzene rings is 1. The number of hydrogen-bond donors (Lipinski definition) is 1. The highest BCUT2D eigenvalue weighted by Gasteiger charge is 2.09. The molecular weight excluding hydrogens is 228 g/mol. The zero-order valence-corrected chi connectivity index (χ0v) is 9.43. The molecule has 92 valence electrons. The molecule has 0 fully saturated rings. The van der Waals surface area contributed by atoms with E-state index in [-0.39, 0.29) is 24.4 Å². The maximum Gasteiger partial charge on any atom is 0.335 e. The second kappa shape index (κ2) is 5.98. The van der Waals surface area contributed by atoms with E-state index in [1.807, 2.05) is 0 Å². The third kappa shape index (κ3) is 3.86. The van der Waals surface area contributed by atoms with Crippen molar-refractivity contribution in [3.05, 3.63) is 42.0 Å². The molecule has 0 aromatic heterocycles. The minimum absolute atomic E-state index is 0.000787.